The van der Waals surface area contributed by atoms with E-state index < -0.39 is 6.10 Å². The van der Waals surface area contributed by atoms with Crippen LogP contribution < -0.4 is 10.6 Å². The minimum absolute atomic E-state index is 0.167. The van der Waals surface area contributed by atoms with Crippen molar-refractivity contribution in [1.29, 1.82) is 0 Å². The SMILES string of the molecule is O=C(Nc1nccn1Cc1ccc(Br)cc1)[C@@H]1C[C@H](O)CN1. The minimum atomic E-state index is -0.460. The molecule has 2 atom stereocenters. The Labute approximate surface area is 136 Å². The molecule has 2 aromatic rings. The summed E-state index contributed by atoms with van der Waals surface area (Å²) >= 11 is 3.41. The van der Waals surface area contributed by atoms with Gasteiger partial charge in [-0.15, -0.1) is 0 Å². The molecule has 1 saturated heterocycles. The largest absolute Gasteiger partial charge is 0.392 e. The van der Waals surface area contributed by atoms with E-state index in [1.807, 2.05) is 35.0 Å². The molecule has 1 aliphatic heterocycles. The third-order valence-corrected chi connectivity index (χ3v) is 4.17. The van der Waals surface area contributed by atoms with Crippen LogP contribution in [-0.4, -0.2) is 39.3 Å². The van der Waals surface area contributed by atoms with Gasteiger partial charge in [0, 0.05) is 23.4 Å². The molecular weight excluding hydrogens is 348 g/mol. The molecule has 6 nitrogen and oxygen atoms in total. The summed E-state index contributed by atoms with van der Waals surface area (Å²) in [6.45, 7) is 1.08. The molecule has 116 valence electrons. The number of nitrogens with one attached hydrogen (secondary N) is 2. The molecule has 1 aromatic carbocycles. The van der Waals surface area contributed by atoms with Crippen LogP contribution >= 0.6 is 15.9 Å². The number of halogens is 1. The fraction of sp³-hybridized carbons (Fsp3) is 0.333. The van der Waals surface area contributed by atoms with E-state index in [0.29, 0.717) is 25.5 Å². The number of hydrogen-bond donors (Lipinski definition) is 3. The zero-order valence-electron chi connectivity index (χ0n) is 11.9. The van der Waals surface area contributed by atoms with Gasteiger partial charge in [0.2, 0.25) is 11.9 Å². The van der Waals surface area contributed by atoms with Gasteiger partial charge in [0.05, 0.1) is 18.7 Å². The second kappa shape index (κ2) is 6.60. The van der Waals surface area contributed by atoms with E-state index in [2.05, 4.69) is 31.5 Å². The molecule has 3 rings (SSSR count). The van der Waals surface area contributed by atoms with Gasteiger partial charge in [0.1, 0.15) is 0 Å². The topological polar surface area (TPSA) is 79.2 Å². The second-order valence-electron chi connectivity index (χ2n) is 5.34. The van der Waals surface area contributed by atoms with Crippen LogP contribution in [0.2, 0.25) is 0 Å². The number of anilines is 1. The lowest BCUT2D eigenvalue weighted by atomic mass is 10.2. The molecule has 1 fully saturated rings. The molecule has 3 N–H and O–H groups in total. The molecule has 22 heavy (non-hydrogen) atoms. The van der Waals surface area contributed by atoms with Crippen LogP contribution in [0.1, 0.15) is 12.0 Å². The Kier molecular flexibility index (Phi) is 4.56. The number of nitrogens with zero attached hydrogens (tertiary/aromatic N) is 2. The first-order valence-electron chi connectivity index (χ1n) is 7.10. The van der Waals surface area contributed by atoms with Crippen molar-refractivity contribution in [1.82, 2.24) is 14.9 Å². The molecular formula is C15H17BrN4O2. The maximum Gasteiger partial charge on any atom is 0.243 e. The number of aliphatic hydroxyl groups is 1. The Balaban J connectivity index is 1.67. The minimum Gasteiger partial charge on any atom is -0.392 e. The van der Waals surface area contributed by atoms with Gasteiger partial charge in [-0.05, 0) is 24.1 Å². The summed E-state index contributed by atoms with van der Waals surface area (Å²) < 4.78 is 2.91. The van der Waals surface area contributed by atoms with Crippen LogP contribution in [-0.2, 0) is 11.3 Å². The van der Waals surface area contributed by atoms with Crippen LogP contribution in [0.15, 0.2) is 41.1 Å². The van der Waals surface area contributed by atoms with Crippen LogP contribution in [0.4, 0.5) is 5.95 Å². The smallest absolute Gasteiger partial charge is 0.243 e. The standard InChI is InChI=1S/C15H17BrN4O2/c16-11-3-1-10(2-4-11)9-20-6-5-17-15(20)19-14(22)13-7-12(21)8-18-13/h1-6,12-13,18,21H,7-9H2,(H,17,19,22)/t12-,13-/m0/s1. The van der Waals surface area contributed by atoms with Gasteiger partial charge in [-0.1, -0.05) is 28.1 Å². The Bertz CT molecular complexity index is 656. The first-order chi connectivity index (χ1) is 10.6. The molecule has 0 unspecified atom stereocenters. The highest BCUT2D eigenvalue weighted by molar-refractivity contribution is 9.10. The number of β-amino-alcohol motifs (C(OH)–C–C–N with tert-alkyl or cyclic N) is 1. The molecule has 0 aliphatic carbocycles. The van der Waals surface area contributed by atoms with Gasteiger partial charge in [0.15, 0.2) is 0 Å². The third kappa shape index (κ3) is 3.55. The fourth-order valence-electron chi connectivity index (χ4n) is 2.46. The van der Waals surface area contributed by atoms with E-state index in [1.54, 1.807) is 6.20 Å². The van der Waals surface area contributed by atoms with Crippen molar-refractivity contribution in [2.45, 2.75) is 25.1 Å². The van der Waals surface area contributed by atoms with Crippen LogP contribution in [0.25, 0.3) is 0 Å². The number of amides is 1. The molecule has 0 bridgehead atoms. The number of hydrogen-bond acceptors (Lipinski definition) is 4. The van der Waals surface area contributed by atoms with E-state index in [0.717, 1.165) is 10.0 Å². The van der Waals surface area contributed by atoms with Gasteiger partial charge in [-0.3, -0.25) is 10.1 Å². The summed E-state index contributed by atoms with van der Waals surface area (Å²) in [6.07, 6.45) is 3.46. The molecule has 0 radical (unpaired) electrons. The summed E-state index contributed by atoms with van der Waals surface area (Å²) in [4.78, 5) is 16.4. The molecule has 2 heterocycles. The number of aromatic nitrogens is 2. The maximum absolute atomic E-state index is 12.2. The van der Waals surface area contributed by atoms with E-state index in [-0.39, 0.29) is 11.9 Å². The van der Waals surface area contributed by atoms with E-state index in [1.165, 1.54) is 0 Å². The van der Waals surface area contributed by atoms with Crippen molar-refractivity contribution in [3.05, 3.63) is 46.7 Å². The van der Waals surface area contributed by atoms with Crippen molar-refractivity contribution >= 4 is 27.8 Å². The molecule has 1 aromatic heterocycles. The predicted octanol–water partition coefficient (Wildman–Crippen LogP) is 1.36. The molecule has 1 aliphatic rings. The van der Waals surface area contributed by atoms with Crippen molar-refractivity contribution in [2.24, 2.45) is 0 Å². The van der Waals surface area contributed by atoms with Crippen LogP contribution in [0.3, 0.4) is 0 Å². The lowest BCUT2D eigenvalue weighted by Gasteiger charge is -2.12. The lowest BCUT2D eigenvalue weighted by Crippen LogP contribution is -2.36. The fourth-order valence-corrected chi connectivity index (χ4v) is 2.73. The van der Waals surface area contributed by atoms with E-state index >= 15 is 0 Å². The van der Waals surface area contributed by atoms with Crippen molar-refractivity contribution < 1.29 is 9.90 Å². The maximum atomic E-state index is 12.2. The van der Waals surface area contributed by atoms with Gasteiger partial charge in [-0.25, -0.2) is 4.98 Å². The van der Waals surface area contributed by atoms with Gasteiger partial charge >= 0.3 is 0 Å². The zero-order chi connectivity index (χ0) is 15.5. The monoisotopic (exact) mass is 364 g/mol. The number of aliphatic hydroxyl groups excluding tert-OH is 1. The quantitative estimate of drug-likeness (QED) is 0.765. The van der Waals surface area contributed by atoms with Gasteiger partial charge in [0.25, 0.3) is 0 Å². The molecule has 7 heteroatoms. The number of carbonyl (C=O) groups is 1. The highest BCUT2D eigenvalue weighted by Gasteiger charge is 2.28. The number of rotatable bonds is 4. The van der Waals surface area contributed by atoms with Crippen molar-refractivity contribution in [2.75, 3.05) is 11.9 Å². The Morgan fingerprint density at radius 2 is 2.23 bits per heavy atom. The van der Waals surface area contributed by atoms with Crippen LogP contribution in [0.5, 0.6) is 0 Å². The Morgan fingerprint density at radius 3 is 2.91 bits per heavy atom. The predicted molar refractivity (Wildman–Crippen MR) is 86.5 cm³/mol. The average Bonchev–Trinajstić information content (AvgIpc) is 3.11. The third-order valence-electron chi connectivity index (χ3n) is 3.64. The van der Waals surface area contributed by atoms with Gasteiger partial charge in [-0.2, -0.15) is 0 Å². The zero-order valence-corrected chi connectivity index (χ0v) is 13.5. The van der Waals surface area contributed by atoms with E-state index in [9.17, 15) is 9.90 Å². The summed E-state index contributed by atoms with van der Waals surface area (Å²) in [5.74, 6) is 0.343. The first-order valence-corrected chi connectivity index (χ1v) is 7.89. The second-order valence-corrected chi connectivity index (χ2v) is 6.26. The van der Waals surface area contributed by atoms with Crippen molar-refractivity contribution in [3.63, 3.8) is 0 Å². The number of carbonyl (C=O) groups excluding carboxylic acids is 1. The summed E-state index contributed by atoms with van der Waals surface area (Å²) in [5, 5.41) is 15.3. The normalized spacial score (nSPS) is 21.0. The Hall–Kier alpha value is -1.70. The Morgan fingerprint density at radius 1 is 1.45 bits per heavy atom. The van der Waals surface area contributed by atoms with Gasteiger partial charge < -0.3 is 15.0 Å². The number of imidazole rings is 1. The number of benzene rings is 1. The van der Waals surface area contributed by atoms with Crippen LogP contribution in [0, 0.1) is 0 Å². The molecule has 1 amide bonds. The summed E-state index contributed by atoms with van der Waals surface area (Å²) in [5.41, 5.74) is 1.12. The van der Waals surface area contributed by atoms with Crippen molar-refractivity contribution in [3.8, 4) is 0 Å². The highest BCUT2D eigenvalue weighted by atomic mass is 79.9. The average molecular weight is 365 g/mol. The lowest BCUT2D eigenvalue weighted by molar-refractivity contribution is -0.118. The molecule has 0 spiro atoms. The summed E-state index contributed by atoms with van der Waals surface area (Å²) in [6, 6.07) is 7.63. The summed E-state index contributed by atoms with van der Waals surface area (Å²) in [7, 11) is 0. The van der Waals surface area contributed by atoms with E-state index in [4.69, 9.17) is 0 Å². The first kappa shape index (κ1) is 15.2. The highest BCUT2D eigenvalue weighted by Crippen LogP contribution is 2.15. The molecule has 0 saturated carbocycles.